The van der Waals surface area contributed by atoms with Gasteiger partial charge in [0, 0.05) is 18.2 Å². The molecule has 1 saturated heterocycles. The van der Waals surface area contributed by atoms with Gasteiger partial charge in [0.1, 0.15) is 0 Å². The lowest BCUT2D eigenvalue weighted by atomic mass is 9.97. The molecule has 1 amide bonds. The minimum absolute atomic E-state index is 0.0691. The van der Waals surface area contributed by atoms with Crippen LogP contribution in [-0.4, -0.2) is 25.0 Å². The summed E-state index contributed by atoms with van der Waals surface area (Å²) in [5, 5.41) is 15.0. The van der Waals surface area contributed by atoms with E-state index in [1.165, 1.54) is 0 Å². The molecule has 1 heterocycles. The number of benzene rings is 1. The Hall–Kier alpha value is -1.86. The molecule has 2 rings (SSSR count). The zero-order chi connectivity index (χ0) is 13.0. The number of nitriles is 1. The van der Waals surface area contributed by atoms with Crippen LogP contribution in [0.2, 0.25) is 0 Å². The normalized spacial score (nSPS) is 23.1. The molecule has 1 aromatic carbocycles. The van der Waals surface area contributed by atoms with Crippen molar-refractivity contribution in [1.29, 1.82) is 5.26 Å². The average molecular weight is 243 g/mol. The fourth-order valence-electron chi connectivity index (χ4n) is 2.23. The minimum atomic E-state index is -0.0691. The molecule has 0 spiro atoms. The van der Waals surface area contributed by atoms with Crippen molar-refractivity contribution in [2.24, 2.45) is 5.92 Å². The summed E-state index contributed by atoms with van der Waals surface area (Å²) in [6.07, 6.45) is 1.01. The third kappa shape index (κ3) is 3.08. The van der Waals surface area contributed by atoms with Gasteiger partial charge in [-0.25, -0.2) is 0 Å². The van der Waals surface area contributed by atoms with Crippen molar-refractivity contribution in [3.8, 4) is 6.07 Å². The maximum atomic E-state index is 12.0. The molecule has 1 aromatic rings. The molecule has 94 valence electrons. The number of carbonyl (C=O) groups excluding carboxylic acids is 1. The van der Waals surface area contributed by atoms with E-state index in [0.717, 1.165) is 19.5 Å². The van der Waals surface area contributed by atoms with Gasteiger partial charge in [0.2, 0.25) is 0 Å². The van der Waals surface area contributed by atoms with Crippen molar-refractivity contribution < 1.29 is 4.79 Å². The molecule has 0 radical (unpaired) electrons. The van der Waals surface area contributed by atoms with Crippen molar-refractivity contribution in [2.45, 2.75) is 19.4 Å². The van der Waals surface area contributed by atoms with Crippen LogP contribution in [0.25, 0.3) is 0 Å². The van der Waals surface area contributed by atoms with Crippen molar-refractivity contribution in [2.75, 3.05) is 13.1 Å². The third-order valence-electron chi connectivity index (χ3n) is 3.18. The van der Waals surface area contributed by atoms with Crippen molar-refractivity contribution in [1.82, 2.24) is 10.6 Å². The van der Waals surface area contributed by atoms with Crippen LogP contribution in [0.15, 0.2) is 24.3 Å². The molecule has 2 atom stereocenters. The summed E-state index contributed by atoms with van der Waals surface area (Å²) in [7, 11) is 0. The lowest BCUT2D eigenvalue weighted by molar-refractivity contribution is 0.0925. The molecule has 1 fully saturated rings. The number of nitrogens with zero attached hydrogens (tertiary/aromatic N) is 1. The maximum absolute atomic E-state index is 12.0. The Bertz CT molecular complexity index is 461. The van der Waals surface area contributed by atoms with E-state index < -0.39 is 0 Å². The van der Waals surface area contributed by atoms with E-state index in [9.17, 15) is 4.79 Å². The summed E-state index contributed by atoms with van der Waals surface area (Å²) in [6, 6.07) is 8.93. The molecule has 2 N–H and O–H groups in total. The van der Waals surface area contributed by atoms with Gasteiger partial charge in [0.15, 0.2) is 0 Å². The van der Waals surface area contributed by atoms with E-state index in [1.54, 1.807) is 24.3 Å². The van der Waals surface area contributed by atoms with E-state index in [0.29, 0.717) is 17.0 Å². The predicted molar refractivity (Wildman–Crippen MR) is 69.1 cm³/mol. The average Bonchev–Trinajstić information content (AvgIpc) is 2.39. The predicted octanol–water partition coefficient (Wildman–Crippen LogP) is 1.29. The van der Waals surface area contributed by atoms with Gasteiger partial charge in [0.25, 0.3) is 5.91 Å². The second-order valence-electron chi connectivity index (χ2n) is 4.86. The van der Waals surface area contributed by atoms with Crippen molar-refractivity contribution >= 4 is 5.91 Å². The van der Waals surface area contributed by atoms with Crippen LogP contribution in [0.4, 0.5) is 0 Å². The molecule has 4 nitrogen and oxygen atoms in total. The van der Waals surface area contributed by atoms with Crippen LogP contribution in [0.3, 0.4) is 0 Å². The molecule has 1 aliphatic rings. The van der Waals surface area contributed by atoms with Gasteiger partial charge in [0.05, 0.1) is 11.6 Å². The molecule has 0 aromatic heterocycles. The van der Waals surface area contributed by atoms with Gasteiger partial charge in [-0.15, -0.1) is 0 Å². The molecule has 2 unspecified atom stereocenters. The third-order valence-corrected chi connectivity index (χ3v) is 3.18. The van der Waals surface area contributed by atoms with Crippen molar-refractivity contribution in [3.05, 3.63) is 35.4 Å². The quantitative estimate of drug-likeness (QED) is 0.822. The number of hydrogen-bond donors (Lipinski definition) is 2. The van der Waals surface area contributed by atoms with E-state index in [4.69, 9.17) is 5.26 Å². The number of hydrogen-bond acceptors (Lipinski definition) is 3. The zero-order valence-electron chi connectivity index (χ0n) is 10.4. The Labute approximate surface area is 107 Å². The zero-order valence-corrected chi connectivity index (χ0v) is 10.4. The molecule has 0 aliphatic carbocycles. The first-order valence-corrected chi connectivity index (χ1v) is 6.21. The van der Waals surface area contributed by atoms with Gasteiger partial charge in [-0.2, -0.15) is 5.26 Å². The number of amides is 1. The maximum Gasteiger partial charge on any atom is 0.251 e. The highest BCUT2D eigenvalue weighted by Crippen LogP contribution is 2.10. The van der Waals surface area contributed by atoms with Gasteiger partial charge < -0.3 is 10.6 Å². The lowest BCUT2D eigenvalue weighted by Crippen LogP contribution is -2.48. The highest BCUT2D eigenvalue weighted by atomic mass is 16.1. The summed E-state index contributed by atoms with van der Waals surface area (Å²) < 4.78 is 0. The first-order chi connectivity index (χ1) is 8.69. The first-order valence-electron chi connectivity index (χ1n) is 6.21. The fraction of sp³-hybridized carbons (Fsp3) is 0.429. The van der Waals surface area contributed by atoms with Crippen LogP contribution in [0.1, 0.15) is 29.3 Å². The molecular formula is C14H17N3O. The molecule has 18 heavy (non-hydrogen) atoms. The standard InChI is InChI=1S/C14H17N3O/c1-10-6-13(9-16-8-10)17-14(18)12-4-2-11(7-15)3-5-12/h2-5,10,13,16H,6,8-9H2,1H3,(H,17,18). The summed E-state index contributed by atoms with van der Waals surface area (Å²) in [5.74, 6) is 0.519. The van der Waals surface area contributed by atoms with Gasteiger partial charge in [-0.05, 0) is 43.1 Å². The summed E-state index contributed by atoms with van der Waals surface area (Å²) >= 11 is 0. The van der Waals surface area contributed by atoms with Crippen LogP contribution in [0.5, 0.6) is 0 Å². The van der Waals surface area contributed by atoms with Gasteiger partial charge in [-0.3, -0.25) is 4.79 Å². The Morgan fingerprint density at radius 3 is 2.72 bits per heavy atom. The lowest BCUT2D eigenvalue weighted by Gasteiger charge is -2.28. The van der Waals surface area contributed by atoms with Crippen LogP contribution < -0.4 is 10.6 Å². The summed E-state index contributed by atoms with van der Waals surface area (Å²) in [6.45, 7) is 4.02. The topological polar surface area (TPSA) is 64.9 Å². The number of carbonyl (C=O) groups is 1. The first kappa shape index (κ1) is 12.6. The Kier molecular flexibility index (Phi) is 3.96. The molecule has 1 aliphatic heterocycles. The SMILES string of the molecule is CC1CNCC(NC(=O)c2ccc(C#N)cc2)C1. The molecular weight excluding hydrogens is 226 g/mol. The summed E-state index contributed by atoms with van der Waals surface area (Å²) in [5.41, 5.74) is 1.17. The Morgan fingerprint density at radius 2 is 2.11 bits per heavy atom. The van der Waals surface area contributed by atoms with Crippen molar-refractivity contribution in [3.63, 3.8) is 0 Å². The van der Waals surface area contributed by atoms with E-state index in [1.807, 2.05) is 6.07 Å². The largest absolute Gasteiger partial charge is 0.348 e. The summed E-state index contributed by atoms with van der Waals surface area (Å²) in [4.78, 5) is 12.0. The van der Waals surface area contributed by atoms with Crippen LogP contribution in [-0.2, 0) is 0 Å². The highest BCUT2D eigenvalue weighted by Gasteiger charge is 2.20. The minimum Gasteiger partial charge on any atom is -0.348 e. The highest BCUT2D eigenvalue weighted by molar-refractivity contribution is 5.94. The van der Waals surface area contributed by atoms with E-state index in [2.05, 4.69) is 17.6 Å². The smallest absolute Gasteiger partial charge is 0.251 e. The van der Waals surface area contributed by atoms with Gasteiger partial charge >= 0.3 is 0 Å². The second kappa shape index (κ2) is 5.65. The monoisotopic (exact) mass is 243 g/mol. The van der Waals surface area contributed by atoms with Crippen LogP contribution in [0, 0.1) is 17.2 Å². The van der Waals surface area contributed by atoms with E-state index in [-0.39, 0.29) is 11.9 Å². The van der Waals surface area contributed by atoms with Crippen LogP contribution >= 0.6 is 0 Å². The number of nitrogens with one attached hydrogen (secondary N) is 2. The Morgan fingerprint density at radius 1 is 1.39 bits per heavy atom. The second-order valence-corrected chi connectivity index (χ2v) is 4.86. The molecule has 0 bridgehead atoms. The number of rotatable bonds is 2. The fourth-order valence-corrected chi connectivity index (χ4v) is 2.23. The van der Waals surface area contributed by atoms with E-state index >= 15 is 0 Å². The van der Waals surface area contributed by atoms with Gasteiger partial charge in [-0.1, -0.05) is 6.92 Å². The number of piperidine rings is 1. The molecule has 0 saturated carbocycles. The Balaban J connectivity index is 1.96. The molecule has 4 heteroatoms.